The van der Waals surface area contributed by atoms with Gasteiger partial charge in [0.05, 0.1) is 17.4 Å². The first-order valence-corrected chi connectivity index (χ1v) is 12.1. The van der Waals surface area contributed by atoms with E-state index in [0.29, 0.717) is 11.8 Å². The van der Waals surface area contributed by atoms with E-state index in [-0.39, 0.29) is 11.8 Å². The Hall–Kier alpha value is -3.59. The van der Waals surface area contributed by atoms with Gasteiger partial charge >= 0.3 is 0 Å². The van der Waals surface area contributed by atoms with Crippen LogP contribution >= 0.6 is 0 Å². The number of aromatic hydroxyl groups is 1. The molecular formula is C31H34N2O. The Morgan fingerprint density at radius 2 is 1.24 bits per heavy atom. The molecule has 0 fully saturated rings. The van der Waals surface area contributed by atoms with Gasteiger partial charge in [-0.1, -0.05) is 94.4 Å². The Balaban J connectivity index is 1.69. The van der Waals surface area contributed by atoms with Crippen LogP contribution in [0.3, 0.4) is 0 Å². The summed E-state index contributed by atoms with van der Waals surface area (Å²) < 4.78 is 0. The maximum atomic E-state index is 11.1. The van der Waals surface area contributed by atoms with Gasteiger partial charge in [0.25, 0.3) is 0 Å². The van der Waals surface area contributed by atoms with Gasteiger partial charge in [-0.2, -0.15) is 0 Å². The number of anilines is 1. The Bertz CT molecular complexity index is 1240. The van der Waals surface area contributed by atoms with Gasteiger partial charge in [0, 0.05) is 16.8 Å². The third kappa shape index (κ3) is 4.84. The van der Waals surface area contributed by atoms with Crippen LogP contribution in [0.5, 0.6) is 5.75 Å². The monoisotopic (exact) mass is 450 g/mol. The first-order chi connectivity index (χ1) is 16.4. The number of rotatable bonds is 7. The molecule has 3 nitrogen and oxygen atoms in total. The van der Waals surface area contributed by atoms with E-state index < -0.39 is 0 Å². The molecule has 0 bridgehead atoms. The van der Waals surface area contributed by atoms with Gasteiger partial charge < -0.3 is 10.4 Å². The molecule has 1 heterocycles. The van der Waals surface area contributed by atoms with Crippen molar-refractivity contribution in [2.75, 3.05) is 5.32 Å². The number of hydrogen-bond acceptors (Lipinski definition) is 3. The molecule has 1 aromatic heterocycles. The molecule has 0 unspecified atom stereocenters. The van der Waals surface area contributed by atoms with Gasteiger partial charge in [0.2, 0.25) is 0 Å². The summed E-state index contributed by atoms with van der Waals surface area (Å²) in [6.45, 7) is 11.1. The lowest BCUT2D eigenvalue weighted by Crippen LogP contribution is -2.13. The minimum Gasteiger partial charge on any atom is -0.507 e. The van der Waals surface area contributed by atoms with Crippen molar-refractivity contribution in [3.05, 3.63) is 102 Å². The summed E-state index contributed by atoms with van der Waals surface area (Å²) in [5.41, 5.74) is 8.09. The van der Waals surface area contributed by atoms with Crippen molar-refractivity contribution < 1.29 is 5.11 Å². The second-order valence-corrected chi connectivity index (χ2v) is 9.50. The van der Waals surface area contributed by atoms with E-state index in [4.69, 9.17) is 4.98 Å². The van der Waals surface area contributed by atoms with Crippen LogP contribution in [0.1, 0.15) is 69.3 Å². The quantitative estimate of drug-likeness (QED) is 0.296. The van der Waals surface area contributed by atoms with E-state index in [1.807, 2.05) is 66.7 Å². The predicted octanol–water partition coefficient (Wildman–Crippen LogP) is 8.54. The van der Waals surface area contributed by atoms with Crippen LogP contribution in [0.2, 0.25) is 0 Å². The SMILES string of the molecule is CC(C)c1cccc(C(C)C)c1N[C@@H](C)c1cccc(-c2cccc(-c3ccccc3)c2O)n1. The summed E-state index contributed by atoms with van der Waals surface area (Å²) in [5, 5.41) is 14.9. The fourth-order valence-corrected chi connectivity index (χ4v) is 4.45. The van der Waals surface area contributed by atoms with Crippen molar-refractivity contribution in [1.29, 1.82) is 0 Å². The first-order valence-electron chi connectivity index (χ1n) is 12.1. The standard InChI is InChI=1S/C31H34N2O/c1-20(2)24-14-9-15-25(21(3)4)30(24)32-22(5)28-18-11-19-29(33-28)27-17-10-16-26(31(27)34)23-12-7-6-8-13-23/h6-22,32,34H,1-5H3/t22-/m0/s1. The molecule has 1 atom stereocenters. The molecule has 0 aliphatic carbocycles. The van der Waals surface area contributed by atoms with Crippen LogP contribution in [0.15, 0.2) is 84.9 Å². The number of hydrogen-bond donors (Lipinski definition) is 2. The highest BCUT2D eigenvalue weighted by atomic mass is 16.3. The summed E-state index contributed by atoms with van der Waals surface area (Å²) in [4.78, 5) is 4.96. The highest BCUT2D eigenvalue weighted by Gasteiger charge is 2.18. The zero-order valence-corrected chi connectivity index (χ0v) is 20.7. The number of phenols is 1. The van der Waals surface area contributed by atoms with Crippen LogP contribution in [-0.2, 0) is 0 Å². The molecule has 0 radical (unpaired) electrons. The molecule has 0 saturated carbocycles. The van der Waals surface area contributed by atoms with Crippen molar-refractivity contribution in [2.45, 2.75) is 52.5 Å². The predicted molar refractivity (Wildman–Crippen MR) is 143 cm³/mol. The Morgan fingerprint density at radius 3 is 1.88 bits per heavy atom. The molecule has 0 saturated heterocycles. The first kappa shape index (κ1) is 23.6. The molecule has 3 aromatic carbocycles. The topological polar surface area (TPSA) is 45.1 Å². The number of benzene rings is 3. The van der Waals surface area contributed by atoms with E-state index in [1.54, 1.807) is 0 Å². The third-order valence-electron chi connectivity index (χ3n) is 6.34. The van der Waals surface area contributed by atoms with Crippen molar-refractivity contribution in [3.8, 4) is 28.1 Å². The van der Waals surface area contributed by atoms with Crippen molar-refractivity contribution in [1.82, 2.24) is 4.98 Å². The summed E-state index contributed by atoms with van der Waals surface area (Å²) in [6.07, 6.45) is 0. The Morgan fingerprint density at radius 1 is 0.647 bits per heavy atom. The maximum absolute atomic E-state index is 11.1. The van der Waals surface area contributed by atoms with Gasteiger partial charge in [0.15, 0.2) is 0 Å². The molecule has 34 heavy (non-hydrogen) atoms. The van der Waals surface area contributed by atoms with E-state index >= 15 is 0 Å². The molecular weight excluding hydrogens is 416 g/mol. The highest BCUT2D eigenvalue weighted by Crippen LogP contribution is 2.38. The smallest absolute Gasteiger partial charge is 0.132 e. The van der Waals surface area contributed by atoms with Gasteiger partial charge in [-0.3, -0.25) is 4.98 Å². The van der Waals surface area contributed by atoms with Crippen LogP contribution in [-0.4, -0.2) is 10.1 Å². The fourth-order valence-electron chi connectivity index (χ4n) is 4.45. The summed E-state index contributed by atoms with van der Waals surface area (Å²) in [5.74, 6) is 1.10. The molecule has 4 aromatic rings. The van der Waals surface area contributed by atoms with Gasteiger partial charge in [-0.25, -0.2) is 0 Å². The minimum absolute atomic E-state index is 0.0109. The van der Waals surface area contributed by atoms with Gasteiger partial charge in [-0.15, -0.1) is 0 Å². The molecule has 0 aliphatic heterocycles. The van der Waals surface area contributed by atoms with E-state index in [0.717, 1.165) is 28.1 Å². The van der Waals surface area contributed by atoms with Crippen molar-refractivity contribution >= 4 is 5.69 Å². The maximum Gasteiger partial charge on any atom is 0.132 e. The fraction of sp³-hybridized carbons (Fsp3) is 0.258. The molecule has 174 valence electrons. The largest absolute Gasteiger partial charge is 0.507 e. The number of para-hydroxylation sites is 2. The van der Waals surface area contributed by atoms with E-state index in [1.165, 1.54) is 16.8 Å². The molecule has 3 heteroatoms. The third-order valence-corrected chi connectivity index (χ3v) is 6.34. The number of nitrogens with zero attached hydrogens (tertiary/aromatic N) is 1. The van der Waals surface area contributed by atoms with Gasteiger partial charge in [0.1, 0.15) is 5.75 Å². The average molecular weight is 451 g/mol. The molecule has 4 rings (SSSR count). The molecule has 0 spiro atoms. The lowest BCUT2D eigenvalue weighted by Gasteiger charge is -2.24. The number of pyridine rings is 1. The summed E-state index contributed by atoms with van der Waals surface area (Å²) in [6, 6.07) is 28.4. The molecule has 0 aliphatic rings. The molecule has 2 N–H and O–H groups in total. The zero-order chi connectivity index (χ0) is 24.2. The van der Waals surface area contributed by atoms with E-state index in [2.05, 4.69) is 58.1 Å². The number of phenolic OH excluding ortho intramolecular Hbond substituents is 1. The van der Waals surface area contributed by atoms with E-state index in [9.17, 15) is 5.11 Å². The number of aromatic nitrogens is 1. The Kier molecular flexibility index (Phi) is 7.02. The van der Waals surface area contributed by atoms with Crippen LogP contribution in [0.25, 0.3) is 22.4 Å². The van der Waals surface area contributed by atoms with Crippen molar-refractivity contribution in [2.24, 2.45) is 0 Å². The number of nitrogens with one attached hydrogen (secondary N) is 1. The van der Waals surface area contributed by atoms with Crippen LogP contribution in [0, 0.1) is 0 Å². The second-order valence-electron chi connectivity index (χ2n) is 9.50. The molecule has 0 amide bonds. The zero-order valence-electron chi connectivity index (χ0n) is 20.7. The highest BCUT2D eigenvalue weighted by molar-refractivity contribution is 5.80. The van der Waals surface area contributed by atoms with Crippen LogP contribution in [0.4, 0.5) is 5.69 Å². The minimum atomic E-state index is 0.0109. The lowest BCUT2D eigenvalue weighted by atomic mass is 9.92. The average Bonchev–Trinajstić information content (AvgIpc) is 2.84. The Labute approximate surface area is 203 Å². The van der Waals surface area contributed by atoms with Crippen LogP contribution < -0.4 is 5.32 Å². The summed E-state index contributed by atoms with van der Waals surface area (Å²) >= 11 is 0. The normalized spacial score (nSPS) is 12.2. The second kappa shape index (κ2) is 10.1. The van der Waals surface area contributed by atoms with Crippen molar-refractivity contribution in [3.63, 3.8) is 0 Å². The van der Waals surface area contributed by atoms with Gasteiger partial charge in [-0.05, 0) is 53.6 Å². The summed E-state index contributed by atoms with van der Waals surface area (Å²) in [7, 11) is 0. The lowest BCUT2D eigenvalue weighted by molar-refractivity contribution is 0.479.